The molecule has 0 spiro atoms. The Bertz CT molecular complexity index is 1580. The molecule has 8 nitrogen and oxygen atoms in total. The van der Waals surface area contributed by atoms with E-state index < -0.39 is 29.0 Å². The highest BCUT2D eigenvalue weighted by atomic mass is 19.2. The Labute approximate surface area is 220 Å². The van der Waals surface area contributed by atoms with Gasteiger partial charge in [-0.15, -0.1) is 0 Å². The van der Waals surface area contributed by atoms with E-state index in [9.17, 15) is 18.0 Å². The average molecular weight is 541 g/mol. The van der Waals surface area contributed by atoms with Crippen LogP contribution in [0, 0.1) is 36.1 Å². The maximum Gasteiger partial charge on any atom is 0.245 e. The van der Waals surface area contributed by atoms with E-state index in [4.69, 9.17) is 10.5 Å². The minimum absolute atomic E-state index is 0.0438. The number of fused-ring (bicyclic) bond motifs is 1. The number of rotatable bonds is 6. The molecule has 12 heteroatoms. The second kappa shape index (κ2) is 10.4. The van der Waals surface area contributed by atoms with Crippen molar-refractivity contribution in [2.75, 3.05) is 18.8 Å². The minimum atomic E-state index is -1.42. The molecule has 1 aliphatic heterocycles. The molecule has 2 aromatic heterocycles. The zero-order valence-electron chi connectivity index (χ0n) is 20.9. The second-order valence-electron chi connectivity index (χ2n) is 9.34. The van der Waals surface area contributed by atoms with Crippen molar-refractivity contribution in [2.24, 2.45) is 5.92 Å². The number of amides is 1. The lowest BCUT2D eigenvalue weighted by molar-refractivity contribution is -0.127. The molecule has 1 saturated heterocycles. The number of aromatic nitrogens is 4. The molecule has 0 aliphatic carbocycles. The summed E-state index contributed by atoms with van der Waals surface area (Å²) in [6.07, 6.45) is 4.25. The molecule has 39 heavy (non-hydrogen) atoms. The van der Waals surface area contributed by atoms with Crippen molar-refractivity contribution < 1.29 is 27.1 Å². The van der Waals surface area contributed by atoms with Crippen molar-refractivity contribution in [1.82, 2.24) is 24.6 Å². The molecule has 0 bridgehead atoms. The van der Waals surface area contributed by atoms with Crippen LogP contribution in [0.25, 0.3) is 22.3 Å². The SMILES string of the molecule is C=CC(=O)N1CCCC(Cn2nc(-c3ccc(Oc4c(C)c(F)cc(F)c4F)cc3F)c3c(N)ncnc32)C1. The van der Waals surface area contributed by atoms with Crippen LogP contribution in [-0.4, -0.2) is 43.6 Å². The Balaban J connectivity index is 1.49. The van der Waals surface area contributed by atoms with Crippen molar-refractivity contribution in [1.29, 1.82) is 0 Å². The number of anilines is 1. The van der Waals surface area contributed by atoms with Gasteiger partial charge in [-0.2, -0.15) is 9.49 Å². The van der Waals surface area contributed by atoms with Crippen LogP contribution in [0.15, 0.2) is 43.2 Å². The van der Waals surface area contributed by atoms with Crippen LogP contribution in [0.4, 0.5) is 23.4 Å². The molecular weight excluding hydrogens is 516 g/mol. The standard InChI is InChI=1S/C27H24F4N6O2/c1-3-21(38)36-8-4-5-15(11-36)12-37-27-22(26(32)33-13-34-27)24(35-37)17-7-6-16(9-19(17)29)39-25-14(2)18(28)10-20(30)23(25)31/h3,6-7,9-10,13,15H,1,4-5,8,11-12H2,2H3,(H2,32,33,34). The maximum atomic E-state index is 15.4. The molecule has 0 saturated carbocycles. The van der Waals surface area contributed by atoms with E-state index in [-0.39, 0.29) is 40.2 Å². The van der Waals surface area contributed by atoms with E-state index in [1.165, 1.54) is 31.5 Å². The van der Waals surface area contributed by atoms with E-state index in [0.29, 0.717) is 36.7 Å². The largest absolute Gasteiger partial charge is 0.454 e. The zero-order chi connectivity index (χ0) is 27.8. The number of hydrogen-bond acceptors (Lipinski definition) is 6. The highest BCUT2D eigenvalue weighted by Crippen LogP contribution is 2.36. The van der Waals surface area contributed by atoms with Crippen LogP contribution in [-0.2, 0) is 11.3 Å². The molecule has 0 radical (unpaired) electrons. The maximum absolute atomic E-state index is 15.4. The first kappa shape index (κ1) is 26.1. The first-order valence-corrected chi connectivity index (χ1v) is 12.2. The molecule has 2 aromatic carbocycles. The van der Waals surface area contributed by atoms with Gasteiger partial charge < -0.3 is 15.4 Å². The van der Waals surface area contributed by atoms with Crippen LogP contribution in [0.3, 0.4) is 0 Å². The number of likely N-dealkylation sites (tertiary alicyclic amines) is 1. The van der Waals surface area contributed by atoms with Crippen molar-refractivity contribution in [3.8, 4) is 22.8 Å². The number of carbonyl (C=O) groups excluding carboxylic acids is 1. The van der Waals surface area contributed by atoms with Gasteiger partial charge >= 0.3 is 0 Å². The number of carbonyl (C=O) groups is 1. The molecule has 1 atom stereocenters. The molecule has 3 heterocycles. The summed E-state index contributed by atoms with van der Waals surface area (Å²) < 4.78 is 64.2. The van der Waals surface area contributed by atoms with Crippen LogP contribution in [0.2, 0.25) is 0 Å². The second-order valence-corrected chi connectivity index (χ2v) is 9.34. The van der Waals surface area contributed by atoms with Crippen molar-refractivity contribution in [2.45, 2.75) is 26.3 Å². The number of ether oxygens (including phenoxy) is 1. The van der Waals surface area contributed by atoms with Gasteiger partial charge in [-0.3, -0.25) is 4.79 Å². The van der Waals surface area contributed by atoms with E-state index in [1.807, 2.05) is 0 Å². The van der Waals surface area contributed by atoms with Crippen LogP contribution < -0.4 is 10.5 Å². The smallest absolute Gasteiger partial charge is 0.245 e. The monoisotopic (exact) mass is 540 g/mol. The average Bonchev–Trinajstić information content (AvgIpc) is 3.28. The van der Waals surface area contributed by atoms with Crippen molar-refractivity contribution in [3.05, 3.63) is 72.1 Å². The van der Waals surface area contributed by atoms with E-state index in [0.717, 1.165) is 18.9 Å². The molecule has 1 aliphatic rings. The molecule has 4 aromatic rings. The van der Waals surface area contributed by atoms with Crippen LogP contribution in [0.1, 0.15) is 18.4 Å². The fraction of sp³-hybridized carbons (Fsp3) is 0.259. The van der Waals surface area contributed by atoms with E-state index in [1.54, 1.807) is 9.58 Å². The lowest BCUT2D eigenvalue weighted by atomic mass is 9.98. The first-order valence-electron chi connectivity index (χ1n) is 12.2. The molecule has 2 N–H and O–H groups in total. The quantitative estimate of drug-likeness (QED) is 0.206. The van der Waals surface area contributed by atoms with E-state index in [2.05, 4.69) is 21.6 Å². The fourth-order valence-corrected chi connectivity index (χ4v) is 4.79. The Kier molecular flexibility index (Phi) is 6.94. The van der Waals surface area contributed by atoms with Gasteiger partial charge in [0.1, 0.15) is 35.2 Å². The van der Waals surface area contributed by atoms with Gasteiger partial charge in [0, 0.05) is 42.9 Å². The summed E-state index contributed by atoms with van der Waals surface area (Å²) in [6, 6.07) is 4.04. The number of hydrogen-bond donors (Lipinski definition) is 1. The predicted octanol–water partition coefficient (Wildman–Crippen LogP) is 5.16. The number of benzene rings is 2. The van der Waals surface area contributed by atoms with Gasteiger partial charge in [-0.05, 0) is 43.9 Å². The zero-order valence-corrected chi connectivity index (χ0v) is 20.9. The Morgan fingerprint density at radius 3 is 2.72 bits per heavy atom. The molecule has 1 fully saturated rings. The highest BCUT2D eigenvalue weighted by molar-refractivity contribution is 5.98. The van der Waals surface area contributed by atoms with Gasteiger partial charge in [0.15, 0.2) is 17.2 Å². The molecule has 1 amide bonds. The van der Waals surface area contributed by atoms with Gasteiger partial charge in [0.25, 0.3) is 0 Å². The minimum Gasteiger partial charge on any atom is -0.454 e. The van der Waals surface area contributed by atoms with Crippen LogP contribution in [0.5, 0.6) is 11.5 Å². The molecule has 1 unspecified atom stereocenters. The Morgan fingerprint density at radius 2 is 1.97 bits per heavy atom. The molecule has 202 valence electrons. The summed E-state index contributed by atoms with van der Waals surface area (Å²) in [5, 5.41) is 4.94. The number of halogens is 4. The summed E-state index contributed by atoms with van der Waals surface area (Å²) >= 11 is 0. The summed E-state index contributed by atoms with van der Waals surface area (Å²) in [5.74, 6) is -5.43. The van der Waals surface area contributed by atoms with Gasteiger partial charge in [-0.1, -0.05) is 6.58 Å². The van der Waals surface area contributed by atoms with E-state index >= 15 is 4.39 Å². The number of nitrogens with two attached hydrogens (primary N) is 1. The number of piperidine rings is 1. The Morgan fingerprint density at radius 1 is 1.18 bits per heavy atom. The third-order valence-electron chi connectivity index (χ3n) is 6.77. The number of nitrogens with zero attached hydrogens (tertiary/aromatic N) is 5. The summed E-state index contributed by atoms with van der Waals surface area (Å²) in [5.41, 5.74) is 6.50. The highest BCUT2D eigenvalue weighted by Gasteiger charge is 2.26. The fourth-order valence-electron chi connectivity index (χ4n) is 4.79. The molecular formula is C27H24F4N6O2. The van der Waals surface area contributed by atoms with Gasteiger partial charge in [0.05, 0.1) is 5.39 Å². The normalized spacial score (nSPS) is 15.5. The van der Waals surface area contributed by atoms with Crippen molar-refractivity contribution in [3.63, 3.8) is 0 Å². The summed E-state index contributed by atoms with van der Waals surface area (Å²) in [7, 11) is 0. The summed E-state index contributed by atoms with van der Waals surface area (Å²) in [4.78, 5) is 22.2. The predicted molar refractivity (Wildman–Crippen MR) is 136 cm³/mol. The third-order valence-corrected chi connectivity index (χ3v) is 6.77. The third kappa shape index (κ3) is 4.89. The lowest BCUT2D eigenvalue weighted by Gasteiger charge is -2.32. The van der Waals surface area contributed by atoms with Crippen LogP contribution >= 0.6 is 0 Å². The van der Waals surface area contributed by atoms with Gasteiger partial charge in [0.2, 0.25) is 11.7 Å². The lowest BCUT2D eigenvalue weighted by Crippen LogP contribution is -2.40. The van der Waals surface area contributed by atoms with Gasteiger partial charge in [-0.25, -0.2) is 27.8 Å². The summed E-state index contributed by atoms with van der Waals surface area (Å²) in [6.45, 7) is 6.33. The Hall–Kier alpha value is -4.48. The first-order chi connectivity index (χ1) is 18.7. The topological polar surface area (TPSA) is 99.2 Å². The van der Waals surface area contributed by atoms with Crippen molar-refractivity contribution >= 4 is 22.8 Å². The number of nitrogen functional groups attached to an aromatic ring is 1. The molecule has 5 rings (SSSR count).